The average Bonchev–Trinajstić information content (AvgIpc) is 2.87. The molecule has 1 aromatic carbocycles. The fourth-order valence-corrected chi connectivity index (χ4v) is 2.01. The first-order valence-electron chi connectivity index (χ1n) is 4.65. The number of benzene rings is 1. The van der Waals surface area contributed by atoms with Gasteiger partial charge in [0.25, 0.3) is 0 Å². The lowest BCUT2D eigenvalue weighted by molar-refractivity contribution is 0.0971. The standard InChI is InChI=1S/C11H10BrFO/c12-8-2-1-3-9(13)11(8)10(14)6-7-4-5-7/h1-3,7H,4-6H2. The van der Waals surface area contributed by atoms with Crippen LogP contribution in [0.15, 0.2) is 22.7 Å². The molecule has 74 valence electrons. The zero-order valence-corrected chi connectivity index (χ0v) is 9.18. The molecule has 1 aliphatic rings. The van der Waals surface area contributed by atoms with Crippen molar-refractivity contribution in [3.8, 4) is 0 Å². The van der Waals surface area contributed by atoms with Crippen LogP contribution in [0.5, 0.6) is 0 Å². The van der Waals surface area contributed by atoms with Gasteiger partial charge >= 0.3 is 0 Å². The van der Waals surface area contributed by atoms with Crippen LogP contribution in [-0.4, -0.2) is 5.78 Å². The maximum absolute atomic E-state index is 13.3. The third-order valence-electron chi connectivity index (χ3n) is 2.41. The molecule has 0 aromatic heterocycles. The van der Waals surface area contributed by atoms with E-state index in [4.69, 9.17) is 0 Å². The van der Waals surface area contributed by atoms with Crippen LogP contribution in [0.4, 0.5) is 4.39 Å². The Balaban J connectivity index is 2.24. The van der Waals surface area contributed by atoms with E-state index >= 15 is 0 Å². The van der Waals surface area contributed by atoms with Gasteiger partial charge in [0, 0.05) is 10.9 Å². The van der Waals surface area contributed by atoms with Crippen LogP contribution in [0.3, 0.4) is 0 Å². The monoisotopic (exact) mass is 256 g/mol. The van der Waals surface area contributed by atoms with E-state index < -0.39 is 5.82 Å². The molecule has 0 saturated heterocycles. The third-order valence-corrected chi connectivity index (χ3v) is 3.07. The van der Waals surface area contributed by atoms with E-state index in [1.54, 1.807) is 12.1 Å². The summed E-state index contributed by atoms with van der Waals surface area (Å²) in [6, 6.07) is 4.61. The van der Waals surface area contributed by atoms with Gasteiger partial charge < -0.3 is 0 Å². The van der Waals surface area contributed by atoms with Crippen molar-refractivity contribution >= 4 is 21.7 Å². The summed E-state index contributed by atoms with van der Waals surface area (Å²) in [6.07, 6.45) is 2.70. The maximum atomic E-state index is 13.3. The number of Topliss-reactive ketones (excluding diaryl/α,β-unsaturated/α-hetero) is 1. The molecule has 1 aliphatic carbocycles. The van der Waals surface area contributed by atoms with E-state index in [1.165, 1.54) is 6.07 Å². The Morgan fingerprint density at radius 3 is 2.79 bits per heavy atom. The van der Waals surface area contributed by atoms with Gasteiger partial charge in [0.15, 0.2) is 5.78 Å². The van der Waals surface area contributed by atoms with E-state index in [-0.39, 0.29) is 11.3 Å². The molecule has 0 aliphatic heterocycles. The van der Waals surface area contributed by atoms with Crippen LogP contribution in [-0.2, 0) is 0 Å². The van der Waals surface area contributed by atoms with Gasteiger partial charge in [-0.05, 0) is 46.8 Å². The van der Waals surface area contributed by atoms with Gasteiger partial charge in [-0.2, -0.15) is 0 Å². The van der Waals surface area contributed by atoms with E-state index in [0.29, 0.717) is 16.8 Å². The summed E-state index contributed by atoms with van der Waals surface area (Å²) in [6.45, 7) is 0. The van der Waals surface area contributed by atoms with Crippen LogP contribution in [0.2, 0.25) is 0 Å². The summed E-state index contributed by atoms with van der Waals surface area (Å²) < 4.78 is 13.9. The molecule has 0 spiro atoms. The second-order valence-corrected chi connectivity index (χ2v) is 4.52. The van der Waals surface area contributed by atoms with Crippen molar-refractivity contribution < 1.29 is 9.18 Å². The predicted octanol–water partition coefficient (Wildman–Crippen LogP) is 3.57. The molecule has 1 saturated carbocycles. The Bertz CT molecular complexity index is 351. The zero-order chi connectivity index (χ0) is 10.1. The fourth-order valence-electron chi connectivity index (χ4n) is 1.45. The highest BCUT2D eigenvalue weighted by Gasteiger charge is 2.26. The molecule has 0 unspecified atom stereocenters. The average molecular weight is 257 g/mol. The Kier molecular flexibility index (Phi) is 2.68. The van der Waals surface area contributed by atoms with E-state index in [1.807, 2.05) is 0 Å². The topological polar surface area (TPSA) is 17.1 Å². The molecule has 0 radical (unpaired) electrons. The minimum atomic E-state index is -0.426. The lowest BCUT2D eigenvalue weighted by atomic mass is 10.1. The van der Waals surface area contributed by atoms with Crippen LogP contribution >= 0.6 is 15.9 Å². The van der Waals surface area contributed by atoms with Crippen LogP contribution in [0, 0.1) is 11.7 Å². The van der Waals surface area contributed by atoms with E-state index in [9.17, 15) is 9.18 Å². The molecule has 1 nitrogen and oxygen atoms in total. The number of hydrogen-bond donors (Lipinski definition) is 0. The van der Waals surface area contributed by atoms with Crippen LogP contribution in [0.25, 0.3) is 0 Å². The SMILES string of the molecule is O=C(CC1CC1)c1c(F)cccc1Br. The number of hydrogen-bond acceptors (Lipinski definition) is 1. The van der Waals surface area contributed by atoms with E-state index in [0.717, 1.165) is 12.8 Å². The number of rotatable bonds is 3. The lowest BCUT2D eigenvalue weighted by Crippen LogP contribution is -2.04. The largest absolute Gasteiger partial charge is 0.294 e. The number of carbonyl (C=O) groups excluding carboxylic acids is 1. The molecule has 0 bridgehead atoms. The number of carbonyl (C=O) groups is 1. The van der Waals surface area contributed by atoms with E-state index in [2.05, 4.69) is 15.9 Å². The molecule has 3 heteroatoms. The zero-order valence-electron chi connectivity index (χ0n) is 7.59. The highest BCUT2D eigenvalue weighted by Crippen LogP contribution is 2.34. The first-order chi connectivity index (χ1) is 6.68. The van der Waals surface area contributed by atoms with Gasteiger partial charge in [0.2, 0.25) is 0 Å². The van der Waals surface area contributed by atoms with Crippen molar-refractivity contribution in [3.05, 3.63) is 34.1 Å². The normalized spacial score (nSPS) is 15.6. The van der Waals surface area contributed by atoms with Crippen LogP contribution in [0.1, 0.15) is 29.6 Å². The summed E-state index contributed by atoms with van der Waals surface area (Å²) in [7, 11) is 0. The van der Waals surface area contributed by atoms with Gasteiger partial charge in [0.1, 0.15) is 5.82 Å². The van der Waals surface area contributed by atoms with Gasteiger partial charge in [-0.15, -0.1) is 0 Å². The quantitative estimate of drug-likeness (QED) is 0.756. The third kappa shape index (κ3) is 2.03. The fraction of sp³-hybridized carbons (Fsp3) is 0.364. The first-order valence-corrected chi connectivity index (χ1v) is 5.45. The molecular formula is C11H10BrFO. The Morgan fingerprint density at radius 2 is 2.21 bits per heavy atom. The number of ketones is 1. The Morgan fingerprint density at radius 1 is 1.50 bits per heavy atom. The van der Waals surface area contributed by atoms with Crippen molar-refractivity contribution in [3.63, 3.8) is 0 Å². The second-order valence-electron chi connectivity index (χ2n) is 3.67. The molecule has 0 atom stereocenters. The number of halogens is 2. The van der Waals surface area contributed by atoms with Crippen molar-refractivity contribution in [1.82, 2.24) is 0 Å². The lowest BCUT2D eigenvalue weighted by Gasteiger charge is -2.03. The smallest absolute Gasteiger partial charge is 0.167 e. The first kappa shape index (κ1) is 9.84. The molecule has 0 heterocycles. The molecule has 1 aromatic rings. The summed E-state index contributed by atoms with van der Waals surface area (Å²) in [4.78, 5) is 11.7. The maximum Gasteiger partial charge on any atom is 0.167 e. The molecule has 2 rings (SSSR count). The van der Waals surface area contributed by atoms with Gasteiger partial charge in [0.05, 0.1) is 5.56 Å². The summed E-state index contributed by atoms with van der Waals surface area (Å²) >= 11 is 3.20. The second kappa shape index (κ2) is 3.81. The summed E-state index contributed by atoms with van der Waals surface area (Å²) in [5, 5.41) is 0. The highest BCUT2D eigenvalue weighted by molar-refractivity contribution is 9.10. The van der Waals surface area contributed by atoms with Gasteiger partial charge in [-0.25, -0.2) is 4.39 Å². The summed E-state index contributed by atoms with van der Waals surface area (Å²) in [5.74, 6) is -0.0171. The molecular weight excluding hydrogens is 247 g/mol. The molecule has 1 fully saturated rings. The Hall–Kier alpha value is -0.700. The van der Waals surface area contributed by atoms with Crippen molar-refractivity contribution in [2.24, 2.45) is 5.92 Å². The minimum Gasteiger partial charge on any atom is -0.294 e. The summed E-state index contributed by atoms with van der Waals surface area (Å²) in [5.41, 5.74) is 0.208. The van der Waals surface area contributed by atoms with Crippen LogP contribution < -0.4 is 0 Å². The van der Waals surface area contributed by atoms with Gasteiger partial charge in [-0.1, -0.05) is 6.07 Å². The molecule has 14 heavy (non-hydrogen) atoms. The molecule has 0 amide bonds. The molecule has 0 N–H and O–H groups in total. The minimum absolute atomic E-state index is 0.0857. The predicted molar refractivity (Wildman–Crippen MR) is 55.8 cm³/mol. The Labute approximate surface area is 90.4 Å². The van der Waals surface area contributed by atoms with Gasteiger partial charge in [-0.3, -0.25) is 4.79 Å². The van der Waals surface area contributed by atoms with Crippen molar-refractivity contribution in [2.45, 2.75) is 19.3 Å². The highest BCUT2D eigenvalue weighted by atomic mass is 79.9. The van der Waals surface area contributed by atoms with Crippen molar-refractivity contribution in [1.29, 1.82) is 0 Å². The van der Waals surface area contributed by atoms with Crippen molar-refractivity contribution in [2.75, 3.05) is 0 Å².